The second-order valence-electron chi connectivity index (χ2n) is 2.72. The van der Waals surface area contributed by atoms with Crippen molar-refractivity contribution in [1.82, 2.24) is 14.3 Å². The smallest absolute Gasteiger partial charge is 0.252 e. The van der Waals surface area contributed by atoms with Gasteiger partial charge in [0.05, 0.1) is 6.20 Å². The van der Waals surface area contributed by atoms with Gasteiger partial charge in [0.25, 0.3) is 0 Å². The standard InChI is InChI=1S/C6H8Br2N4O2S/c1-12(2)15(13,14)11-6-5(8)10-4(7)3-9-6/h3H,1-2H3,(H,9,11). The number of nitrogens with zero attached hydrogens (tertiary/aromatic N) is 3. The van der Waals surface area contributed by atoms with Crippen LogP contribution in [0.3, 0.4) is 0 Å². The van der Waals surface area contributed by atoms with E-state index in [2.05, 4.69) is 46.5 Å². The van der Waals surface area contributed by atoms with Crippen molar-refractivity contribution in [2.45, 2.75) is 0 Å². The second kappa shape index (κ2) is 4.73. The Bertz CT molecular complexity index is 462. The molecule has 0 unspecified atom stereocenters. The molecule has 1 heterocycles. The average Bonchev–Trinajstić information content (AvgIpc) is 2.09. The van der Waals surface area contributed by atoms with E-state index in [-0.39, 0.29) is 5.82 Å². The van der Waals surface area contributed by atoms with Crippen molar-refractivity contribution in [3.05, 3.63) is 15.4 Å². The summed E-state index contributed by atoms with van der Waals surface area (Å²) in [6.07, 6.45) is 1.40. The molecule has 1 rings (SSSR count). The molecule has 0 atom stereocenters. The molecule has 0 radical (unpaired) electrons. The summed E-state index contributed by atoms with van der Waals surface area (Å²) < 4.78 is 27.1. The molecule has 0 spiro atoms. The van der Waals surface area contributed by atoms with E-state index in [4.69, 9.17) is 0 Å². The van der Waals surface area contributed by atoms with Crippen LogP contribution in [0.25, 0.3) is 0 Å². The zero-order chi connectivity index (χ0) is 11.6. The fourth-order valence-electron chi connectivity index (χ4n) is 0.629. The van der Waals surface area contributed by atoms with Crippen LogP contribution in [0.4, 0.5) is 5.82 Å². The minimum Gasteiger partial charge on any atom is -0.252 e. The maximum atomic E-state index is 11.5. The monoisotopic (exact) mass is 358 g/mol. The fraction of sp³-hybridized carbons (Fsp3) is 0.333. The number of hydrogen-bond acceptors (Lipinski definition) is 4. The summed E-state index contributed by atoms with van der Waals surface area (Å²) in [5, 5.41) is 0. The van der Waals surface area contributed by atoms with E-state index in [1.165, 1.54) is 20.3 Å². The maximum Gasteiger partial charge on any atom is 0.302 e. The van der Waals surface area contributed by atoms with Gasteiger partial charge in [-0.1, -0.05) is 0 Å². The van der Waals surface area contributed by atoms with Crippen LogP contribution in [0.5, 0.6) is 0 Å². The summed E-state index contributed by atoms with van der Waals surface area (Å²) >= 11 is 6.21. The lowest BCUT2D eigenvalue weighted by Gasteiger charge is -2.13. The van der Waals surface area contributed by atoms with E-state index in [0.717, 1.165) is 4.31 Å². The summed E-state index contributed by atoms with van der Waals surface area (Å²) in [6, 6.07) is 0. The average molecular weight is 360 g/mol. The topological polar surface area (TPSA) is 75.2 Å². The van der Waals surface area contributed by atoms with Crippen molar-refractivity contribution in [2.75, 3.05) is 18.8 Å². The highest BCUT2D eigenvalue weighted by atomic mass is 79.9. The second-order valence-corrected chi connectivity index (χ2v) is 6.17. The van der Waals surface area contributed by atoms with Gasteiger partial charge in [-0.15, -0.1) is 0 Å². The lowest BCUT2D eigenvalue weighted by atomic mass is 10.7. The van der Waals surface area contributed by atoms with Crippen molar-refractivity contribution in [3.8, 4) is 0 Å². The molecule has 1 aromatic heterocycles. The molecule has 1 N–H and O–H groups in total. The molecule has 15 heavy (non-hydrogen) atoms. The van der Waals surface area contributed by atoms with Crippen molar-refractivity contribution in [3.63, 3.8) is 0 Å². The quantitative estimate of drug-likeness (QED) is 0.880. The van der Waals surface area contributed by atoms with Gasteiger partial charge in [0, 0.05) is 14.1 Å². The normalized spacial score (nSPS) is 11.8. The van der Waals surface area contributed by atoms with Crippen LogP contribution in [0.2, 0.25) is 0 Å². The van der Waals surface area contributed by atoms with E-state index in [0.29, 0.717) is 9.21 Å². The van der Waals surface area contributed by atoms with Gasteiger partial charge in [-0.2, -0.15) is 12.7 Å². The molecule has 0 aliphatic heterocycles. The van der Waals surface area contributed by atoms with Gasteiger partial charge < -0.3 is 0 Å². The number of rotatable bonds is 3. The SMILES string of the molecule is CN(C)S(=O)(=O)Nc1ncc(Br)nc1Br. The molecule has 9 heteroatoms. The number of aromatic nitrogens is 2. The Morgan fingerprint density at radius 2 is 2.00 bits per heavy atom. The first-order chi connectivity index (χ1) is 6.83. The lowest BCUT2D eigenvalue weighted by Crippen LogP contribution is -2.29. The highest BCUT2D eigenvalue weighted by Gasteiger charge is 2.16. The van der Waals surface area contributed by atoms with E-state index in [1.54, 1.807) is 0 Å². The van der Waals surface area contributed by atoms with Gasteiger partial charge in [0.15, 0.2) is 10.4 Å². The summed E-state index contributed by atoms with van der Waals surface area (Å²) in [7, 11) is -0.713. The molecule has 0 aromatic carbocycles. The van der Waals surface area contributed by atoms with Crippen LogP contribution in [0.1, 0.15) is 0 Å². The number of anilines is 1. The summed E-state index contributed by atoms with van der Waals surface area (Å²) in [6.45, 7) is 0. The van der Waals surface area contributed by atoms with Gasteiger partial charge in [-0.05, 0) is 31.9 Å². The Kier molecular flexibility index (Phi) is 4.04. The van der Waals surface area contributed by atoms with Crippen LogP contribution < -0.4 is 4.72 Å². The molecule has 0 aliphatic rings. The van der Waals surface area contributed by atoms with Crippen LogP contribution in [0.15, 0.2) is 15.4 Å². The van der Waals surface area contributed by atoms with Crippen LogP contribution in [-0.2, 0) is 10.2 Å². The van der Waals surface area contributed by atoms with Crippen molar-refractivity contribution in [2.24, 2.45) is 0 Å². The first-order valence-electron chi connectivity index (χ1n) is 3.71. The maximum absolute atomic E-state index is 11.5. The van der Waals surface area contributed by atoms with Crippen LogP contribution in [-0.4, -0.2) is 36.8 Å². The summed E-state index contributed by atoms with van der Waals surface area (Å²) in [5.74, 6) is 0.145. The van der Waals surface area contributed by atoms with Gasteiger partial charge >= 0.3 is 10.2 Å². The summed E-state index contributed by atoms with van der Waals surface area (Å²) in [5.41, 5.74) is 0. The van der Waals surface area contributed by atoms with E-state index < -0.39 is 10.2 Å². The molecule has 0 saturated heterocycles. The summed E-state index contributed by atoms with van der Waals surface area (Å²) in [4.78, 5) is 7.81. The van der Waals surface area contributed by atoms with E-state index in [9.17, 15) is 8.42 Å². The molecule has 0 aliphatic carbocycles. The minimum absolute atomic E-state index is 0.145. The molecule has 6 nitrogen and oxygen atoms in total. The zero-order valence-electron chi connectivity index (χ0n) is 7.90. The predicted molar refractivity (Wildman–Crippen MR) is 63.7 cm³/mol. The lowest BCUT2D eigenvalue weighted by molar-refractivity contribution is 0.526. The van der Waals surface area contributed by atoms with Crippen molar-refractivity contribution >= 4 is 47.9 Å². The van der Waals surface area contributed by atoms with Gasteiger partial charge in [-0.25, -0.2) is 9.97 Å². The highest BCUT2D eigenvalue weighted by Crippen LogP contribution is 2.20. The minimum atomic E-state index is -3.55. The number of nitrogens with one attached hydrogen (secondary N) is 1. The van der Waals surface area contributed by atoms with Crippen molar-refractivity contribution in [1.29, 1.82) is 0 Å². The Hall–Kier alpha value is -0.250. The third kappa shape index (κ3) is 3.37. The number of halogens is 2. The Labute approximate surface area is 105 Å². The first kappa shape index (κ1) is 12.8. The largest absolute Gasteiger partial charge is 0.302 e. The molecule has 0 saturated carbocycles. The first-order valence-corrected chi connectivity index (χ1v) is 6.74. The van der Waals surface area contributed by atoms with Crippen LogP contribution >= 0.6 is 31.9 Å². The predicted octanol–water partition coefficient (Wildman–Crippen LogP) is 1.22. The molecule has 0 fully saturated rings. The molecule has 84 valence electrons. The molecular formula is C6H8Br2N4O2S. The molecule has 0 bridgehead atoms. The number of hydrogen-bond donors (Lipinski definition) is 1. The molecule has 0 amide bonds. The van der Waals surface area contributed by atoms with Crippen molar-refractivity contribution < 1.29 is 8.42 Å². The fourth-order valence-corrected chi connectivity index (χ4v) is 2.25. The zero-order valence-corrected chi connectivity index (χ0v) is 11.9. The van der Waals surface area contributed by atoms with Crippen LogP contribution in [0, 0.1) is 0 Å². The van der Waals surface area contributed by atoms with Gasteiger partial charge in [0.2, 0.25) is 0 Å². The van der Waals surface area contributed by atoms with E-state index >= 15 is 0 Å². The van der Waals surface area contributed by atoms with Gasteiger partial charge in [-0.3, -0.25) is 4.72 Å². The Morgan fingerprint density at radius 1 is 1.40 bits per heavy atom. The third-order valence-corrected chi connectivity index (χ3v) is 3.75. The highest BCUT2D eigenvalue weighted by molar-refractivity contribution is 9.11. The third-order valence-electron chi connectivity index (χ3n) is 1.41. The van der Waals surface area contributed by atoms with E-state index in [1.807, 2.05) is 0 Å². The Balaban J connectivity index is 3.01. The molecule has 1 aromatic rings. The van der Waals surface area contributed by atoms with Gasteiger partial charge in [0.1, 0.15) is 4.60 Å². The Morgan fingerprint density at radius 3 is 2.47 bits per heavy atom. The molecular weight excluding hydrogens is 352 g/mol.